The van der Waals surface area contributed by atoms with Gasteiger partial charge in [0.2, 0.25) is 5.91 Å². The van der Waals surface area contributed by atoms with Gasteiger partial charge in [0.25, 0.3) is 0 Å². The quantitative estimate of drug-likeness (QED) is 0.846. The van der Waals surface area contributed by atoms with E-state index in [1.54, 1.807) is 0 Å². The number of fused-ring (bicyclic) bond motifs is 1. The number of para-hydroxylation sites is 1. The lowest BCUT2D eigenvalue weighted by molar-refractivity contribution is -0.121. The zero-order valence-corrected chi connectivity index (χ0v) is 14.6. The van der Waals surface area contributed by atoms with Gasteiger partial charge in [0.1, 0.15) is 0 Å². The molecule has 0 radical (unpaired) electrons. The van der Waals surface area contributed by atoms with E-state index in [0.29, 0.717) is 13.2 Å². The molecule has 1 atom stereocenters. The molecule has 3 heterocycles. The molecule has 0 saturated carbocycles. The average Bonchev–Trinajstić information content (AvgIpc) is 3.21. The van der Waals surface area contributed by atoms with Crippen LogP contribution < -0.4 is 4.90 Å². The monoisotopic (exact) mass is 340 g/mol. The molecule has 4 rings (SSSR count). The first-order valence-corrected chi connectivity index (χ1v) is 8.90. The number of morpholine rings is 1. The molecule has 1 fully saturated rings. The van der Waals surface area contributed by atoms with Crippen molar-refractivity contribution < 1.29 is 9.53 Å². The highest BCUT2D eigenvalue weighted by Gasteiger charge is 2.28. The number of nitrogens with zero attached hydrogens (tertiary/aromatic N) is 4. The van der Waals surface area contributed by atoms with Crippen molar-refractivity contribution in [3.63, 3.8) is 0 Å². The van der Waals surface area contributed by atoms with Gasteiger partial charge >= 0.3 is 0 Å². The second-order valence-corrected chi connectivity index (χ2v) is 6.89. The van der Waals surface area contributed by atoms with Crippen molar-refractivity contribution in [2.24, 2.45) is 0 Å². The average molecular weight is 340 g/mol. The minimum absolute atomic E-state index is 0.0757. The number of benzene rings is 1. The SMILES string of the molecule is Cc1cnn(C[C@H]2CN(CC(=O)N3CCc4ccccc43)CCO2)c1. The minimum atomic E-state index is 0.0757. The van der Waals surface area contributed by atoms with E-state index in [2.05, 4.69) is 16.1 Å². The third kappa shape index (κ3) is 3.60. The Morgan fingerprint density at radius 3 is 3.04 bits per heavy atom. The molecule has 2 aliphatic heterocycles. The van der Waals surface area contributed by atoms with Crippen molar-refractivity contribution in [1.29, 1.82) is 0 Å². The summed E-state index contributed by atoms with van der Waals surface area (Å²) in [5.41, 5.74) is 3.49. The molecule has 0 aliphatic carbocycles. The zero-order chi connectivity index (χ0) is 17.2. The van der Waals surface area contributed by atoms with Crippen molar-refractivity contribution >= 4 is 11.6 Å². The fourth-order valence-corrected chi connectivity index (χ4v) is 3.68. The van der Waals surface area contributed by atoms with Crippen LogP contribution in [0.4, 0.5) is 5.69 Å². The van der Waals surface area contributed by atoms with Gasteiger partial charge < -0.3 is 9.64 Å². The fourth-order valence-electron chi connectivity index (χ4n) is 3.68. The number of aromatic nitrogens is 2. The molecule has 0 spiro atoms. The normalized spacial score (nSPS) is 20.7. The Hall–Kier alpha value is -2.18. The summed E-state index contributed by atoms with van der Waals surface area (Å²) in [5.74, 6) is 0.181. The highest BCUT2D eigenvalue weighted by molar-refractivity contribution is 5.96. The maximum absolute atomic E-state index is 12.8. The van der Waals surface area contributed by atoms with Crippen molar-refractivity contribution in [3.05, 3.63) is 47.8 Å². The van der Waals surface area contributed by atoms with Crippen LogP contribution in [0.2, 0.25) is 0 Å². The molecule has 0 N–H and O–H groups in total. The molecule has 1 aromatic heterocycles. The smallest absolute Gasteiger partial charge is 0.241 e. The lowest BCUT2D eigenvalue weighted by atomic mass is 10.2. The summed E-state index contributed by atoms with van der Waals surface area (Å²) in [6.07, 6.45) is 4.90. The number of carbonyl (C=O) groups excluding carboxylic acids is 1. The van der Waals surface area contributed by atoms with Crippen molar-refractivity contribution in [2.45, 2.75) is 26.0 Å². The first kappa shape index (κ1) is 16.3. The first-order valence-electron chi connectivity index (χ1n) is 8.90. The number of ether oxygens (including phenoxy) is 1. The summed E-state index contributed by atoms with van der Waals surface area (Å²) in [4.78, 5) is 16.9. The first-order chi connectivity index (χ1) is 12.2. The van der Waals surface area contributed by atoms with E-state index in [9.17, 15) is 4.79 Å². The van der Waals surface area contributed by atoms with Gasteiger partial charge in [0.15, 0.2) is 0 Å². The number of rotatable bonds is 4. The summed E-state index contributed by atoms with van der Waals surface area (Å²) in [6.45, 7) is 6.23. The van der Waals surface area contributed by atoms with Crippen LogP contribution in [0.3, 0.4) is 0 Å². The molecule has 25 heavy (non-hydrogen) atoms. The minimum Gasteiger partial charge on any atom is -0.374 e. The Kier molecular flexibility index (Phi) is 4.55. The van der Waals surface area contributed by atoms with Gasteiger partial charge in [-0.25, -0.2) is 0 Å². The zero-order valence-electron chi connectivity index (χ0n) is 14.6. The third-order valence-electron chi connectivity index (χ3n) is 4.92. The fraction of sp³-hybridized carbons (Fsp3) is 0.474. The Morgan fingerprint density at radius 1 is 1.32 bits per heavy atom. The van der Waals surface area contributed by atoms with Crippen molar-refractivity contribution in [3.8, 4) is 0 Å². The largest absolute Gasteiger partial charge is 0.374 e. The predicted octanol–water partition coefficient (Wildman–Crippen LogP) is 1.48. The van der Waals surface area contributed by atoms with Gasteiger partial charge in [-0.1, -0.05) is 18.2 Å². The number of aryl methyl sites for hydroxylation is 1. The Morgan fingerprint density at radius 2 is 2.20 bits per heavy atom. The number of carbonyl (C=O) groups is 1. The maximum Gasteiger partial charge on any atom is 0.241 e. The lowest BCUT2D eigenvalue weighted by Gasteiger charge is -2.33. The van der Waals surface area contributed by atoms with Crippen LogP contribution in [0.1, 0.15) is 11.1 Å². The number of amides is 1. The topological polar surface area (TPSA) is 50.6 Å². The third-order valence-corrected chi connectivity index (χ3v) is 4.92. The van der Waals surface area contributed by atoms with Gasteiger partial charge in [-0.15, -0.1) is 0 Å². The van der Waals surface area contributed by atoms with Crippen LogP contribution in [-0.4, -0.2) is 59.5 Å². The summed E-state index contributed by atoms with van der Waals surface area (Å²) in [5, 5.41) is 4.33. The van der Waals surface area contributed by atoms with Gasteiger partial charge in [0.05, 0.1) is 32.0 Å². The van der Waals surface area contributed by atoms with Crippen LogP contribution in [-0.2, 0) is 22.5 Å². The van der Waals surface area contributed by atoms with E-state index in [1.165, 1.54) is 5.56 Å². The van der Waals surface area contributed by atoms with Crippen LogP contribution in [0.5, 0.6) is 0 Å². The highest BCUT2D eigenvalue weighted by Crippen LogP contribution is 2.27. The molecule has 1 aromatic carbocycles. The van der Waals surface area contributed by atoms with Crippen LogP contribution >= 0.6 is 0 Å². The highest BCUT2D eigenvalue weighted by atomic mass is 16.5. The van der Waals surface area contributed by atoms with Gasteiger partial charge in [0, 0.05) is 31.5 Å². The molecular weight excluding hydrogens is 316 g/mol. The summed E-state index contributed by atoms with van der Waals surface area (Å²) in [6, 6.07) is 8.19. The van der Waals surface area contributed by atoms with Crippen LogP contribution in [0.25, 0.3) is 0 Å². The molecule has 0 unspecified atom stereocenters. The second kappa shape index (κ2) is 6.98. The standard InChI is InChI=1S/C19H24N4O2/c1-15-10-20-22(11-15)13-17-12-21(8-9-25-17)14-19(24)23-7-6-16-4-2-3-5-18(16)23/h2-5,10-11,17H,6-9,12-14H2,1H3/t17-/m1/s1. The molecule has 6 heteroatoms. The van der Waals surface area contributed by atoms with Crippen molar-refractivity contribution in [2.75, 3.05) is 37.7 Å². The summed E-state index contributed by atoms with van der Waals surface area (Å²) >= 11 is 0. The molecule has 0 bridgehead atoms. The van der Waals surface area contributed by atoms with E-state index < -0.39 is 0 Å². The maximum atomic E-state index is 12.8. The van der Waals surface area contributed by atoms with E-state index >= 15 is 0 Å². The number of hydrogen-bond donors (Lipinski definition) is 0. The Balaban J connectivity index is 1.35. The molecular formula is C19H24N4O2. The molecule has 1 amide bonds. The van der Waals surface area contributed by atoms with E-state index in [0.717, 1.165) is 43.9 Å². The van der Waals surface area contributed by atoms with Gasteiger partial charge in [-0.05, 0) is 30.5 Å². The summed E-state index contributed by atoms with van der Waals surface area (Å²) < 4.78 is 7.78. The Labute approximate surface area is 148 Å². The van der Waals surface area contributed by atoms with Crippen molar-refractivity contribution in [1.82, 2.24) is 14.7 Å². The summed E-state index contributed by atoms with van der Waals surface area (Å²) in [7, 11) is 0. The van der Waals surface area contributed by atoms with Gasteiger partial charge in [-0.2, -0.15) is 5.10 Å². The van der Waals surface area contributed by atoms with Crippen LogP contribution in [0.15, 0.2) is 36.7 Å². The molecule has 1 saturated heterocycles. The number of hydrogen-bond acceptors (Lipinski definition) is 4. The van der Waals surface area contributed by atoms with E-state index in [-0.39, 0.29) is 12.0 Å². The van der Waals surface area contributed by atoms with E-state index in [1.807, 2.05) is 47.1 Å². The molecule has 2 aromatic rings. The molecule has 132 valence electrons. The van der Waals surface area contributed by atoms with E-state index in [4.69, 9.17) is 4.74 Å². The molecule has 2 aliphatic rings. The number of anilines is 1. The Bertz CT molecular complexity index is 757. The lowest BCUT2D eigenvalue weighted by Crippen LogP contribution is -2.48. The van der Waals surface area contributed by atoms with Crippen LogP contribution in [0, 0.1) is 6.92 Å². The molecule has 6 nitrogen and oxygen atoms in total. The van der Waals surface area contributed by atoms with Gasteiger partial charge in [-0.3, -0.25) is 14.4 Å². The predicted molar refractivity (Wildman–Crippen MR) is 95.6 cm³/mol. The second-order valence-electron chi connectivity index (χ2n) is 6.89.